The van der Waals surface area contributed by atoms with Gasteiger partial charge in [-0.1, -0.05) is 37.3 Å². The van der Waals surface area contributed by atoms with E-state index in [0.717, 1.165) is 11.3 Å². The molecule has 0 saturated heterocycles. The molecule has 0 spiro atoms. The molecule has 0 aliphatic rings. The van der Waals surface area contributed by atoms with Crippen LogP contribution in [0.15, 0.2) is 30.3 Å². The predicted molar refractivity (Wildman–Crippen MR) is 81.7 cm³/mol. The Hall–Kier alpha value is -1.49. The Morgan fingerprint density at radius 1 is 1.25 bits per heavy atom. The van der Waals surface area contributed by atoms with Crippen molar-refractivity contribution in [2.24, 2.45) is 0 Å². The van der Waals surface area contributed by atoms with Crippen molar-refractivity contribution in [2.75, 3.05) is 18.1 Å². The third-order valence-electron chi connectivity index (χ3n) is 2.60. The molecule has 110 valence electrons. The molecule has 0 heterocycles. The normalized spacial score (nSPS) is 11.7. The first-order valence-corrected chi connectivity index (χ1v) is 7.90. The molecule has 1 unspecified atom stereocenters. The number of nitrogens with one attached hydrogen (secondary N) is 1. The molecule has 1 aromatic carbocycles. The van der Waals surface area contributed by atoms with E-state index in [-0.39, 0.29) is 18.3 Å². The van der Waals surface area contributed by atoms with Crippen molar-refractivity contribution in [3.05, 3.63) is 35.9 Å². The van der Waals surface area contributed by atoms with E-state index in [1.165, 1.54) is 0 Å². The highest BCUT2D eigenvalue weighted by molar-refractivity contribution is 7.99. The predicted octanol–water partition coefficient (Wildman–Crippen LogP) is 2.03. The number of hydrogen-bond donors (Lipinski definition) is 1. The molecule has 4 nitrogen and oxygen atoms in total. The third-order valence-corrected chi connectivity index (χ3v) is 3.58. The topological polar surface area (TPSA) is 55.4 Å². The summed E-state index contributed by atoms with van der Waals surface area (Å²) in [6.07, 6.45) is 0.271. The van der Waals surface area contributed by atoms with Crippen molar-refractivity contribution < 1.29 is 14.3 Å². The standard InChI is InChI=1S/C15H21NO3S/c1-3-19-15(18)13(11-20-4-2)16-14(17)10-12-8-6-5-7-9-12/h5-9,13H,3-4,10-11H2,1-2H3,(H,16,17). The summed E-state index contributed by atoms with van der Waals surface area (Å²) in [4.78, 5) is 23.8. The van der Waals surface area contributed by atoms with Gasteiger partial charge in [-0.05, 0) is 18.2 Å². The van der Waals surface area contributed by atoms with E-state index in [1.54, 1.807) is 18.7 Å². The van der Waals surface area contributed by atoms with Crippen LogP contribution in [-0.2, 0) is 20.7 Å². The first-order chi connectivity index (χ1) is 9.67. The van der Waals surface area contributed by atoms with E-state index in [9.17, 15) is 9.59 Å². The summed E-state index contributed by atoms with van der Waals surface area (Å²) in [6, 6.07) is 8.88. The first kappa shape index (κ1) is 16.6. The molecule has 0 fully saturated rings. The SMILES string of the molecule is CCOC(=O)C(CSCC)NC(=O)Cc1ccccc1. The fourth-order valence-electron chi connectivity index (χ4n) is 1.67. The molecule has 1 atom stereocenters. The second kappa shape index (κ2) is 9.42. The fraction of sp³-hybridized carbons (Fsp3) is 0.467. The maximum atomic E-state index is 12.0. The zero-order valence-corrected chi connectivity index (χ0v) is 12.7. The Morgan fingerprint density at radius 2 is 1.95 bits per heavy atom. The van der Waals surface area contributed by atoms with Crippen molar-refractivity contribution in [2.45, 2.75) is 26.3 Å². The van der Waals surface area contributed by atoms with Gasteiger partial charge in [-0.2, -0.15) is 11.8 Å². The molecule has 20 heavy (non-hydrogen) atoms. The third kappa shape index (κ3) is 6.10. The van der Waals surface area contributed by atoms with Crippen molar-refractivity contribution in [3.63, 3.8) is 0 Å². The number of rotatable bonds is 8. The van der Waals surface area contributed by atoms with E-state index in [4.69, 9.17) is 4.74 Å². The lowest BCUT2D eigenvalue weighted by molar-refractivity contribution is -0.146. The number of carbonyl (C=O) groups excluding carboxylic acids is 2. The minimum absolute atomic E-state index is 0.161. The van der Waals surface area contributed by atoms with Gasteiger partial charge in [-0.3, -0.25) is 4.79 Å². The molecule has 1 aromatic rings. The van der Waals surface area contributed by atoms with Gasteiger partial charge in [-0.15, -0.1) is 0 Å². The molecule has 1 amide bonds. The van der Waals surface area contributed by atoms with Crippen LogP contribution < -0.4 is 5.32 Å². The highest BCUT2D eigenvalue weighted by Crippen LogP contribution is 2.05. The quantitative estimate of drug-likeness (QED) is 0.746. The largest absolute Gasteiger partial charge is 0.464 e. The summed E-state index contributed by atoms with van der Waals surface area (Å²) < 4.78 is 4.99. The minimum atomic E-state index is -0.573. The summed E-state index contributed by atoms with van der Waals surface area (Å²) in [5.41, 5.74) is 0.927. The number of amides is 1. The van der Waals surface area contributed by atoms with Gasteiger partial charge in [0.2, 0.25) is 5.91 Å². The first-order valence-electron chi connectivity index (χ1n) is 6.75. The van der Waals surface area contributed by atoms with Gasteiger partial charge in [0.25, 0.3) is 0 Å². The van der Waals surface area contributed by atoms with Crippen LogP contribution in [0.5, 0.6) is 0 Å². The van der Waals surface area contributed by atoms with Crippen LogP contribution in [0.3, 0.4) is 0 Å². The summed E-state index contributed by atoms with van der Waals surface area (Å²) >= 11 is 1.60. The molecule has 0 saturated carbocycles. The lowest BCUT2D eigenvalue weighted by Crippen LogP contribution is -2.44. The van der Waals surface area contributed by atoms with Gasteiger partial charge in [0.1, 0.15) is 6.04 Å². The van der Waals surface area contributed by atoms with Gasteiger partial charge >= 0.3 is 5.97 Å². The Morgan fingerprint density at radius 3 is 2.55 bits per heavy atom. The Balaban J connectivity index is 2.54. The molecular formula is C15H21NO3S. The monoisotopic (exact) mass is 295 g/mol. The van der Waals surface area contributed by atoms with E-state index < -0.39 is 6.04 Å². The Bertz CT molecular complexity index is 422. The van der Waals surface area contributed by atoms with Gasteiger partial charge in [0, 0.05) is 5.75 Å². The van der Waals surface area contributed by atoms with Crippen LogP contribution >= 0.6 is 11.8 Å². The summed E-state index contributed by atoms with van der Waals surface area (Å²) in [5.74, 6) is 0.904. The van der Waals surface area contributed by atoms with Gasteiger partial charge in [0.05, 0.1) is 13.0 Å². The number of thioether (sulfide) groups is 1. The summed E-state index contributed by atoms with van der Waals surface area (Å²) in [5, 5.41) is 2.75. The molecule has 0 aliphatic heterocycles. The average molecular weight is 295 g/mol. The van der Waals surface area contributed by atoms with Crippen molar-refractivity contribution in [1.82, 2.24) is 5.32 Å². The number of ether oxygens (including phenoxy) is 1. The molecule has 0 aliphatic carbocycles. The highest BCUT2D eigenvalue weighted by atomic mass is 32.2. The average Bonchev–Trinajstić information content (AvgIpc) is 2.44. The number of esters is 1. The number of benzene rings is 1. The van der Waals surface area contributed by atoms with Gasteiger partial charge < -0.3 is 10.1 Å². The lowest BCUT2D eigenvalue weighted by Gasteiger charge is -2.16. The van der Waals surface area contributed by atoms with Gasteiger partial charge in [-0.25, -0.2) is 4.79 Å². The fourth-order valence-corrected chi connectivity index (χ4v) is 2.36. The second-order valence-electron chi connectivity index (χ2n) is 4.19. The summed E-state index contributed by atoms with van der Waals surface area (Å²) in [7, 11) is 0. The Kier molecular flexibility index (Phi) is 7.80. The maximum Gasteiger partial charge on any atom is 0.329 e. The lowest BCUT2D eigenvalue weighted by atomic mass is 10.1. The van der Waals surface area contributed by atoms with E-state index >= 15 is 0 Å². The molecule has 1 N–H and O–H groups in total. The van der Waals surface area contributed by atoms with Crippen LogP contribution in [0, 0.1) is 0 Å². The Labute approximate surface area is 124 Å². The minimum Gasteiger partial charge on any atom is -0.464 e. The zero-order valence-electron chi connectivity index (χ0n) is 11.9. The van der Waals surface area contributed by atoms with Crippen LogP contribution in [0.2, 0.25) is 0 Å². The highest BCUT2D eigenvalue weighted by Gasteiger charge is 2.21. The van der Waals surface area contributed by atoms with Crippen LogP contribution in [0.25, 0.3) is 0 Å². The van der Waals surface area contributed by atoms with E-state index in [2.05, 4.69) is 5.32 Å². The second-order valence-corrected chi connectivity index (χ2v) is 5.51. The van der Waals surface area contributed by atoms with E-state index in [0.29, 0.717) is 12.4 Å². The molecule has 0 radical (unpaired) electrons. The van der Waals surface area contributed by atoms with Crippen LogP contribution in [0.4, 0.5) is 0 Å². The molecule has 0 bridgehead atoms. The smallest absolute Gasteiger partial charge is 0.329 e. The van der Waals surface area contributed by atoms with Crippen LogP contribution in [-0.4, -0.2) is 36.0 Å². The van der Waals surface area contributed by atoms with Crippen LogP contribution in [0.1, 0.15) is 19.4 Å². The van der Waals surface area contributed by atoms with Crippen molar-refractivity contribution >= 4 is 23.6 Å². The molecule has 1 rings (SSSR count). The summed E-state index contributed by atoms with van der Waals surface area (Å²) in [6.45, 7) is 4.09. The molecular weight excluding hydrogens is 274 g/mol. The number of carbonyl (C=O) groups is 2. The molecule has 5 heteroatoms. The van der Waals surface area contributed by atoms with Crippen molar-refractivity contribution in [3.8, 4) is 0 Å². The van der Waals surface area contributed by atoms with Gasteiger partial charge in [0.15, 0.2) is 0 Å². The van der Waals surface area contributed by atoms with E-state index in [1.807, 2.05) is 37.3 Å². The van der Waals surface area contributed by atoms with Crippen molar-refractivity contribution in [1.29, 1.82) is 0 Å². The maximum absolute atomic E-state index is 12.0. The molecule has 0 aromatic heterocycles. The number of hydrogen-bond acceptors (Lipinski definition) is 4. The zero-order chi connectivity index (χ0) is 14.8.